The second-order valence-corrected chi connectivity index (χ2v) is 5.38. The fraction of sp³-hybridized carbons (Fsp3) is 0.167. The second kappa shape index (κ2) is 8.52. The number of aromatic amines is 1. The Bertz CT molecular complexity index is 925. The molecule has 26 heavy (non-hydrogen) atoms. The van der Waals surface area contributed by atoms with Crippen LogP contribution in [0.4, 0.5) is 11.5 Å². The number of H-pyrrole nitrogens is 1. The molecule has 0 spiro atoms. The number of nitrogens with two attached hydrogens (primary N) is 1. The predicted octanol–water partition coefficient (Wildman–Crippen LogP) is 1.32. The number of nitrogens with one attached hydrogen (secondary N) is 1. The van der Waals surface area contributed by atoms with Gasteiger partial charge in [0.1, 0.15) is 18.2 Å². The van der Waals surface area contributed by atoms with E-state index in [-0.39, 0.29) is 12.4 Å². The van der Waals surface area contributed by atoms with E-state index in [0.29, 0.717) is 11.4 Å². The van der Waals surface area contributed by atoms with Gasteiger partial charge in [0.2, 0.25) is 0 Å². The Balaban J connectivity index is 2.05. The summed E-state index contributed by atoms with van der Waals surface area (Å²) in [6.45, 7) is 3.85. The number of hydrogen-bond acceptors (Lipinski definition) is 6. The summed E-state index contributed by atoms with van der Waals surface area (Å²) in [7, 11) is 3.01. The number of benzene rings is 1. The molecule has 1 aromatic heterocycles. The molecule has 0 fully saturated rings. The minimum absolute atomic E-state index is 0.174. The Morgan fingerprint density at radius 3 is 2.85 bits per heavy atom. The van der Waals surface area contributed by atoms with Gasteiger partial charge >= 0.3 is 5.69 Å². The summed E-state index contributed by atoms with van der Waals surface area (Å²) >= 11 is 0. The zero-order valence-electron chi connectivity index (χ0n) is 14.7. The van der Waals surface area contributed by atoms with Gasteiger partial charge in [0, 0.05) is 31.4 Å². The van der Waals surface area contributed by atoms with E-state index in [1.54, 1.807) is 31.3 Å². The number of rotatable bonds is 7. The second-order valence-electron chi connectivity index (χ2n) is 5.38. The number of ether oxygens (including phenoxy) is 1. The van der Waals surface area contributed by atoms with E-state index in [2.05, 4.69) is 16.7 Å². The maximum atomic E-state index is 11.7. The predicted molar refractivity (Wildman–Crippen MR) is 104 cm³/mol. The lowest BCUT2D eigenvalue weighted by Gasteiger charge is -2.13. The van der Waals surface area contributed by atoms with E-state index in [1.165, 1.54) is 24.3 Å². The lowest BCUT2D eigenvalue weighted by molar-refractivity contribution is 0.336. The molecule has 8 nitrogen and oxygen atoms in total. The van der Waals surface area contributed by atoms with Gasteiger partial charge in [0.25, 0.3) is 5.56 Å². The molecule has 0 saturated carbocycles. The molecule has 0 radical (unpaired) electrons. The standard InChI is InChI=1S/C18H21N5O3/c1-4-6-15(13-7-5-8-14(19)11-13)26-10-9-20-23(3)16-12-17(24)22(2)18(25)21-16/h4-9,11-12H,1,10,19H2,2-3H3,(H,21,25)/b15-6-,20-9+. The Kier molecular flexibility index (Phi) is 6.15. The highest BCUT2D eigenvalue weighted by atomic mass is 16.5. The van der Waals surface area contributed by atoms with Crippen LogP contribution in [0.25, 0.3) is 5.76 Å². The van der Waals surface area contributed by atoms with E-state index in [0.717, 1.165) is 10.1 Å². The molecule has 0 atom stereocenters. The van der Waals surface area contributed by atoms with Crippen LogP contribution >= 0.6 is 0 Å². The molecule has 0 bridgehead atoms. The van der Waals surface area contributed by atoms with Gasteiger partial charge in [-0.05, 0) is 18.2 Å². The normalized spacial score (nSPS) is 11.5. The molecule has 0 amide bonds. The number of hydrazone groups is 1. The van der Waals surface area contributed by atoms with Crippen LogP contribution in [0.15, 0.2) is 63.8 Å². The van der Waals surface area contributed by atoms with E-state index < -0.39 is 11.2 Å². The van der Waals surface area contributed by atoms with Crippen LogP contribution in [-0.2, 0) is 11.8 Å². The summed E-state index contributed by atoms with van der Waals surface area (Å²) in [4.78, 5) is 25.8. The molecule has 0 aliphatic heterocycles. The maximum Gasteiger partial charge on any atom is 0.329 e. The van der Waals surface area contributed by atoms with Crippen LogP contribution in [0.3, 0.4) is 0 Å². The Labute approximate surface area is 150 Å². The van der Waals surface area contributed by atoms with Gasteiger partial charge in [0.15, 0.2) is 0 Å². The van der Waals surface area contributed by atoms with Gasteiger partial charge in [0.05, 0.1) is 6.21 Å². The van der Waals surface area contributed by atoms with Crippen molar-refractivity contribution in [1.29, 1.82) is 0 Å². The maximum absolute atomic E-state index is 11.7. The number of allylic oxidation sites excluding steroid dienone is 2. The van der Waals surface area contributed by atoms with E-state index in [1.807, 2.05) is 12.1 Å². The molecular weight excluding hydrogens is 334 g/mol. The molecule has 136 valence electrons. The first-order valence-corrected chi connectivity index (χ1v) is 7.80. The number of hydrogen-bond donors (Lipinski definition) is 2. The van der Waals surface area contributed by atoms with Crippen molar-refractivity contribution in [1.82, 2.24) is 9.55 Å². The summed E-state index contributed by atoms with van der Waals surface area (Å²) in [5, 5.41) is 5.52. The van der Waals surface area contributed by atoms with Crippen molar-refractivity contribution in [2.24, 2.45) is 12.1 Å². The summed E-state index contributed by atoms with van der Waals surface area (Å²) in [6.07, 6.45) is 4.86. The van der Waals surface area contributed by atoms with E-state index in [9.17, 15) is 9.59 Å². The molecule has 2 rings (SSSR count). The van der Waals surface area contributed by atoms with Crippen molar-refractivity contribution in [3.05, 3.63) is 75.5 Å². The van der Waals surface area contributed by atoms with Gasteiger partial charge in [-0.15, -0.1) is 0 Å². The van der Waals surface area contributed by atoms with Gasteiger partial charge in [-0.2, -0.15) is 5.10 Å². The number of nitrogens with zero attached hydrogens (tertiary/aromatic N) is 3. The van der Waals surface area contributed by atoms with Crippen molar-refractivity contribution in [2.75, 3.05) is 24.4 Å². The average molecular weight is 355 g/mol. The molecule has 0 unspecified atom stereocenters. The first-order valence-electron chi connectivity index (χ1n) is 7.80. The third-order valence-corrected chi connectivity index (χ3v) is 3.49. The highest BCUT2D eigenvalue weighted by molar-refractivity contribution is 5.67. The third kappa shape index (κ3) is 4.73. The fourth-order valence-corrected chi connectivity index (χ4v) is 2.09. The van der Waals surface area contributed by atoms with Crippen LogP contribution < -0.4 is 22.0 Å². The SMILES string of the molecule is C=C/C=C(\OC/C=N/N(C)c1cc(=O)n(C)c(=O)[nH]1)c1cccc(N)c1. The molecule has 1 aromatic carbocycles. The largest absolute Gasteiger partial charge is 0.487 e. The quantitative estimate of drug-likeness (QED) is 0.256. The number of aromatic nitrogens is 2. The molecule has 0 aliphatic rings. The molecule has 0 aliphatic carbocycles. The van der Waals surface area contributed by atoms with Crippen molar-refractivity contribution >= 4 is 23.5 Å². The number of anilines is 2. The Hall–Kier alpha value is -3.55. The van der Waals surface area contributed by atoms with Crippen molar-refractivity contribution in [3.8, 4) is 0 Å². The Morgan fingerprint density at radius 2 is 2.19 bits per heavy atom. The summed E-state index contributed by atoms with van der Waals surface area (Å²) in [5.74, 6) is 0.885. The summed E-state index contributed by atoms with van der Waals surface area (Å²) in [6, 6.07) is 8.58. The highest BCUT2D eigenvalue weighted by Crippen LogP contribution is 2.18. The average Bonchev–Trinajstić information content (AvgIpc) is 2.61. The monoisotopic (exact) mass is 355 g/mol. The topological polar surface area (TPSA) is 106 Å². The van der Waals surface area contributed by atoms with Crippen LogP contribution in [0.2, 0.25) is 0 Å². The fourth-order valence-electron chi connectivity index (χ4n) is 2.09. The summed E-state index contributed by atoms with van der Waals surface area (Å²) < 4.78 is 6.67. The summed E-state index contributed by atoms with van der Waals surface area (Å²) in [5.41, 5.74) is 6.31. The first kappa shape index (κ1) is 18.8. The van der Waals surface area contributed by atoms with E-state index >= 15 is 0 Å². The van der Waals surface area contributed by atoms with Gasteiger partial charge < -0.3 is 10.5 Å². The zero-order valence-corrected chi connectivity index (χ0v) is 14.7. The van der Waals surface area contributed by atoms with Gasteiger partial charge in [-0.1, -0.05) is 24.8 Å². The highest BCUT2D eigenvalue weighted by Gasteiger charge is 2.05. The minimum atomic E-state index is -0.510. The Morgan fingerprint density at radius 1 is 1.42 bits per heavy atom. The minimum Gasteiger partial charge on any atom is -0.487 e. The van der Waals surface area contributed by atoms with Crippen LogP contribution in [0.5, 0.6) is 0 Å². The lowest BCUT2D eigenvalue weighted by atomic mass is 10.1. The molecule has 3 N–H and O–H groups in total. The smallest absolute Gasteiger partial charge is 0.329 e. The number of nitrogen functional groups attached to an aromatic ring is 1. The van der Waals surface area contributed by atoms with Crippen molar-refractivity contribution in [3.63, 3.8) is 0 Å². The zero-order chi connectivity index (χ0) is 19.1. The lowest BCUT2D eigenvalue weighted by Crippen LogP contribution is -2.33. The van der Waals surface area contributed by atoms with Gasteiger partial charge in [-0.3, -0.25) is 19.4 Å². The van der Waals surface area contributed by atoms with Crippen molar-refractivity contribution in [2.45, 2.75) is 0 Å². The first-order chi connectivity index (χ1) is 12.4. The van der Waals surface area contributed by atoms with Crippen LogP contribution in [0, 0.1) is 0 Å². The third-order valence-electron chi connectivity index (χ3n) is 3.49. The molecule has 0 saturated heterocycles. The van der Waals surface area contributed by atoms with Crippen molar-refractivity contribution < 1.29 is 4.74 Å². The molecular formula is C18H21N5O3. The van der Waals surface area contributed by atoms with Crippen LogP contribution in [-0.4, -0.2) is 29.4 Å². The van der Waals surface area contributed by atoms with Crippen LogP contribution in [0.1, 0.15) is 5.56 Å². The molecule has 8 heteroatoms. The van der Waals surface area contributed by atoms with Gasteiger partial charge in [-0.25, -0.2) is 4.79 Å². The van der Waals surface area contributed by atoms with E-state index in [4.69, 9.17) is 10.5 Å². The molecule has 1 heterocycles. The molecule has 2 aromatic rings.